The van der Waals surface area contributed by atoms with E-state index < -0.39 is 11.7 Å². The number of anilines is 1. The van der Waals surface area contributed by atoms with Crippen LogP contribution in [0.15, 0.2) is 23.3 Å². The maximum atomic E-state index is 12.6. The Morgan fingerprint density at radius 1 is 1.14 bits per heavy atom. The van der Waals surface area contributed by atoms with E-state index in [4.69, 9.17) is 14.2 Å². The van der Waals surface area contributed by atoms with E-state index in [-0.39, 0.29) is 12.1 Å². The van der Waals surface area contributed by atoms with Crippen LogP contribution in [0.25, 0.3) is 0 Å². The highest BCUT2D eigenvalue weighted by molar-refractivity contribution is 6.10. The van der Waals surface area contributed by atoms with Crippen molar-refractivity contribution in [3.63, 3.8) is 0 Å². The van der Waals surface area contributed by atoms with E-state index in [0.29, 0.717) is 32.2 Å². The number of urea groups is 1. The molecule has 3 aliphatic heterocycles. The fourth-order valence-corrected chi connectivity index (χ4v) is 6.04. The first-order valence-electron chi connectivity index (χ1n) is 13.6. The lowest BCUT2D eigenvalue weighted by Crippen LogP contribution is -2.53. The first-order valence-corrected chi connectivity index (χ1v) is 13.6. The minimum absolute atomic E-state index is 0.0132. The second-order valence-electron chi connectivity index (χ2n) is 10.7. The van der Waals surface area contributed by atoms with Crippen molar-refractivity contribution in [2.75, 3.05) is 57.5 Å². The lowest BCUT2D eigenvalue weighted by molar-refractivity contribution is 0.0153. The van der Waals surface area contributed by atoms with Crippen LogP contribution in [0, 0.1) is 12.8 Å². The van der Waals surface area contributed by atoms with Gasteiger partial charge < -0.3 is 29.3 Å². The van der Waals surface area contributed by atoms with Crippen LogP contribution in [0.3, 0.4) is 0 Å². The van der Waals surface area contributed by atoms with E-state index in [2.05, 4.69) is 52.8 Å². The average molecular weight is 514 g/mol. The number of nitrogens with zero attached hydrogens (tertiary/aromatic N) is 3. The summed E-state index contributed by atoms with van der Waals surface area (Å²) in [7, 11) is 0. The monoisotopic (exact) mass is 513 g/mol. The molecule has 202 valence electrons. The molecule has 3 fully saturated rings. The zero-order valence-corrected chi connectivity index (χ0v) is 22.0. The quantitative estimate of drug-likeness (QED) is 0.627. The highest BCUT2D eigenvalue weighted by Crippen LogP contribution is 2.41. The summed E-state index contributed by atoms with van der Waals surface area (Å²) in [5, 5.41) is 7.67. The number of rotatable bonds is 5. The molecule has 5 rings (SSSR count). The summed E-state index contributed by atoms with van der Waals surface area (Å²) in [6, 6.07) is 6.49. The number of carbonyl (C=O) groups excluding carboxylic acids is 2. The molecule has 3 amide bonds. The maximum absolute atomic E-state index is 12.6. The van der Waals surface area contributed by atoms with Gasteiger partial charge in [-0.3, -0.25) is 0 Å². The molecule has 0 aromatic heterocycles. The Bertz CT molecular complexity index is 1010. The predicted octanol–water partition coefficient (Wildman–Crippen LogP) is 3.02. The van der Waals surface area contributed by atoms with Crippen LogP contribution in [0.2, 0.25) is 0 Å². The molecule has 1 saturated carbocycles. The van der Waals surface area contributed by atoms with Crippen molar-refractivity contribution in [2.45, 2.75) is 57.6 Å². The number of ether oxygens (including phenoxy) is 3. The van der Waals surface area contributed by atoms with Crippen molar-refractivity contribution < 1.29 is 23.8 Å². The van der Waals surface area contributed by atoms with Crippen molar-refractivity contribution in [1.29, 1.82) is 0 Å². The van der Waals surface area contributed by atoms with Gasteiger partial charge in [0.25, 0.3) is 0 Å². The molecule has 2 N–H and O–H groups in total. The molecule has 4 aliphatic rings. The first-order chi connectivity index (χ1) is 17.9. The van der Waals surface area contributed by atoms with Gasteiger partial charge in [0.15, 0.2) is 5.60 Å². The minimum atomic E-state index is -0.718. The van der Waals surface area contributed by atoms with Crippen LogP contribution < -0.4 is 15.6 Å². The molecule has 10 heteroatoms. The summed E-state index contributed by atoms with van der Waals surface area (Å²) in [4.78, 5) is 29.0. The Labute approximate surface area is 218 Å². The molecule has 3 heterocycles. The molecule has 0 bridgehead atoms. The van der Waals surface area contributed by atoms with E-state index in [1.807, 2.05) is 4.90 Å². The van der Waals surface area contributed by atoms with Crippen molar-refractivity contribution in [3.8, 4) is 0 Å². The topological polar surface area (TPSA) is 105 Å². The highest BCUT2D eigenvalue weighted by atomic mass is 16.6. The molecule has 0 unspecified atom stereocenters. The normalized spacial score (nSPS) is 27.2. The van der Waals surface area contributed by atoms with Gasteiger partial charge in [0.05, 0.1) is 26.4 Å². The number of hydrazone groups is 1. The van der Waals surface area contributed by atoms with Crippen LogP contribution >= 0.6 is 0 Å². The average Bonchev–Trinajstić information content (AvgIpc) is 2.91. The van der Waals surface area contributed by atoms with Crippen molar-refractivity contribution in [2.24, 2.45) is 11.0 Å². The lowest BCUT2D eigenvalue weighted by atomic mass is 9.72. The van der Waals surface area contributed by atoms with Gasteiger partial charge in [-0.1, -0.05) is 6.07 Å². The molecule has 1 aromatic carbocycles. The third kappa shape index (κ3) is 5.85. The van der Waals surface area contributed by atoms with Gasteiger partial charge in [-0.05, 0) is 69.6 Å². The van der Waals surface area contributed by atoms with Crippen molar-refractivity contribution >= 4 is 23.5 Å². The number of benzene rings is 1. The molecule has 0 radical (unpaired) electrons. The van der Waals surface area contributed by atoms with E-state index in [0.717, 1.165) is 75.2 Å². The summed E-state index contributed by atoms with van der Waals surface area (Å²) >= 11 is 0. The predicted molar refractivity (Wildman–Crippen MR) is 140 cm³/mol. The summed E-state index contributed by atoms with van der Waals surface area (Å²) in [5.41, 5.74) is 5.94. The van der Waals surface area contributed by atoms with E-state index >= 15 is 0 Å². The van der Waals surface area contributed by atoms with Gasteiger partial charge in [-0.25, -0.2) is 15.0 Å². The number of aryl methyl sites for hydroxylation is 1. The first kappa shape index (κ1) is 25.8. The number of morpholine rings is 2. The maximum Gasteiger partial charge on any atom is 0.428 e. The van der Waals surface area contributed by atoms with Crippen molar-refractivity contribution in [1.82, 2.24) is 15.6 Å². The van der Waals surface area contributed by atoms with Gasteiger partial charge in [0.2, 0.25) is 0 Å². The largest absolute Gasteiger partial charge is 0.435 e. The standard InChI is InChI=1S/C27H39N5O5/c1-19-17-22(31-9-13-35-14-10-31)3-4-23(19)24-27(37-26(34)30-29-24)7-5-21(6-8-27)18-20(2)28-25(33)32-11-15-36-16-12-32/h3-4,17,20-21H,5-16,18H2,1-2H3,(H,28,33)(H,30,34)/t20-,21?,27?/m0/s1. The Morgan fingerprint density at radius 2 is 1.81 bits per heavy atom. The van der Waals surface area contributed by atoms with Gasteiger partial charge in [-0.15, -0.1) is 0 Å². The van der Waals surface area contributed by atoms with Crippen molar-refractivity contribution in [3.05, 3.63) is 29.3 Å². The molecule has 10 nitrogen and oxygen atoms in total. The van der Waals surface area contributed by atoms with Crippen LogP contribution in [0.1, 0.15) is 50.2 Å². The number of amides is 3. The lowest BCUT2D eigenvalue weighted by Gasteiger charge is -2.42. The summed E-state index contributed by atoms with van der Waals surface area (Å²) in [6.45, 7) is 9.89. The van der Waals surface area contributed by atoms with E-state index in [1.54, 1.807) is 0 Å². The fourth-order valence-electron chi connectivity index (χ4n) is 6.04. The molecule has 37 heavy (non-hydrogen) atoms. The fraction of sp³-hybridized carbons (Fsp3) is 0.667. The Balaban J connectivity index is 1.23. The number of hydrogen-bond acceptors (Lipinski definition) is 7. The Hall–Kier alpha value is -2.85. The number of carbonyl (C=O) groups is 2. The second-order valence-corrected chi connectivity index (χ2v) is 10.7. The zero-order chi connectivity index (χ0) is 25.8. The Morgan fingerprint density at radius 3 is 2.49 bits per heavy atom. The molecule has 2 saturated heterocycles. The van der Waals surface area contributed by atoms with E-state index in [9.17, 15) is 9.59 Å². The number of nitrogens with one attached hydrogen (secondary N) is 2. The molecular weight excluding hydrogens is 474 g/mol. The van der Waals surface area contributed by atoms with Gasteiger partial charge in [-0.2, -0.15) is 5.10 Å². The third-order valence-electron chi connectivity index (χ3n) is 8.09. The van der Waals surface area contributed by atoms with Crippen LogP contribution in [-0.2, 0) is 14.2 Å². The molecule has 1 spiro atoms. The molecular formula is C27H39N5O5. The summed E-state index contributed by atoms with van der Waals surface area (Å²) < 4.78 is 16.8. The summed E-state index contributed by atoms with van der Waals surface area (Å²) in [5.74, 6) is 0.449. The minimum Gasteiger partial charge on any atom is -0.435 e. The van der Waals surface area contributed by atoms with Gasteiger partial charge in [0, 0.05) is 43.5 Å². The van der Waals surface area contributed by atoms with Crippen LogP contribution in [0.4, 0.5) is 15.3 Å². The van der Waals surface area contributed by atoms with Crippen LogP contribution in [0.5, 0.6) is 0 Å². The molecule has 1 aliphatic carbocycles. The zero-order valence-electron chi connectivity index (χ0n) is 22.0. The smallest absolute Gasteiger partial charge is 0.428 e. The SMILES string of the molecule is Cc1cc(N2CCOCC2)ccc1C1=NNC(=O)OC12CCC(C[C@H](C)NC(=O)N1CCOCC1)CC2. The highest BCUT2D eigenvalue weighted by Gasteiger charge is 2.46. The van der Waals surface area contributed by atoms with E-state index in [1.165, 1.54) is 5.69 Å². The summed E-state index contributed by atoms with van der Waals surface area (Å²) in [6.07, 6.45) is 3.68. The van der Waals surface area contributed by atoms with Gasteiger partial charge >= 0.3 is 12.1 Å². The van der Waals surface area contributed by atoms with Crippen LogP contribution in [-0.4, -0.2) is 87.0 Å². The molecule has 1 atom stereocenters. The third-order valence-corrected chi connectivity index (χ3v) is 8.09. The number of hydrogen-bond donors (Lipinski definition) is 2. The second kappa shape index (κ2) is 11.3. The van der Waals surface area contributed by atoms with Gasteiger partial charge in [0.1, 0.15) is 5.71 Å². The molecule has 1 aromatic rings. The Kier molecular flexibility index (Phi) is 7.85.